The average Bonchev–Trinajstić information content (AvgIpc) is 2.89. The highest BCUT2D eigenvalue weighted by Gasteiger charge is 2.11. The number of nitrogens with zero attached hydrogens (tertiary/aromatic N) is 2. The highest BCUT2D eigenvalue weighted by Crippen LogP contribution is 2.21. The zero-order chi connectivity index (χ0) is 14.5. The molecule has 1 unspecified atom stereocenters. The maximum atomic E-state index is 4.32. The van der Waals surface area contributed by atoms with Gasteiger partial charge in [-0.05, 0) is 50.4 Å². The lowest BCUT2D eigenvalue weighted by molar-refractivity contribution is 0.564. The Balaban J connectivity index is 2.03. The first-order valence-electron chi connectivity index (χ1n) is 7.22. The molecule has 108 valence electrons. The van der Waals surface area contributed by atoms with Crippen molar-refractivity contribution in [3.63, 3.8) is 0 Å². The summed E-state index contributed by atoms with van der Waals surface area (Å²) in [6, 6.07) is 6.90. The number of benzene rings is 1. The van der Waals surface area contributed by atoms with Crippen molar-refractivity contribution in [1.82, 2.24) is 15.5 Å². The lowest BCUT2D eigenvalue weighted by atomic mass is 10.0. The van der Waals surface area contributed by atoms with E-state index >= 15 is 0 Å². The van der Waals surface area contributed by atoms with Gasteiger partial charge >= 0.3 is 0 Å². The van der Waals surface area contributed by atoms with E-state index in [0.29, 0.717) is 6.04 Å². The fourth-order valence-corrected chi connectivity index (χ4v) is 2.95. The maximum absolute atomic E-state index is 4.32. The molecule has 0 amide bonds. The van der Waals surface area contributed by atoms with Gasteiger partial charge in [-0.15, -0.1) is 10.2 Å². The summed E-state index contributed by atoms with van der Waals surface area (Å²) in [5, 5.41) is 14.3. The van der Waals surface area contributed by atoms with Gasteiger partial charge in [0.25, 0.3) is 0 Å². The van der Waals surface area contributed by atoms with E-state index in [1.165, 1.54) is 16.7 Å². The standard InChI is InChI=1S/C16H23N3S/c1-5-8-17-13(4)16-19-18-15(20-16)10-14-7-6-11(2)12(3)9-14/h6-7,9,13,17H,5,8,10H2,1-4H3. The van der Waals surface area contributed by atoms with Crippen LogP contribution >= 0.6 is 11.3 Å². The van der Waals surface area contributed by atoms with Gasteiger partial charge in [0.2, 0.25) is 0 Å². The second-order valence-corrected chi connectivity index (χ2v) is 6.40. The van der Waals surface area contributed by atoms with E-state index in [1.54, 1.807) is 11.3 Å². The smallest absolute Gasteiger partial charge is 0.134 e. The molecular formula is C16H23N3S. The van der Waals surface area contributed by atoms with Crippen molar-refractivity contribution < 1.29 is 0 Å². The molecule has 1 heterocycles. The van der Waals surface area contributed by atoms with E-state index in [4.69, 9.17) is 0 Å². The Bertz CT molecular complexity index is 563. The van der Waals surface area contributed by atoms with Crippen molar-refractivity contribution in [2.75, 3.05) is 6.54 Å². The van der Waals surface area contributed by atoms with Crippen molar-refractivity contribution in [2.24, 2.45) is 0 Å². The Morgan fingerprint density at radius 2 is 2.00 bits per heavy atom. The monoisotopic (exact) mass is 289 g/mol. The van der Waals surface area contributed by atoms with Crippen molar-refractivity contribution in [1.29, 1.82) is 0 Å². The van der Waals surface area contributed by atoms with Crippen LogP contribution < -0.4 is 5.32 Å². The first-order chi connectivity index (χ1) is 9.60. The van der Waals surface area contributed by atoms with E-state index in [1.807, 2.05) is 0 Å². The minimum Gasteiger partial charge on any atom is -0.308 e. The molecule has 2 rings (SSSR count). The van der Waals surface area contributed by atoms with Crippen LogP contribution in [-0.4, -0.2) is 16.7 Å². The highest BCUT2D eigenvalue weighted by molar-refractivity contribution is 7.11. The molecule has 1 aromatic carbocycles. The third kappa shape index (κ3) is 3.87. The van der Waals surface area contributed by atoms with Crippen LogP contribution in [0.1, 0.15) is 53.0 Å². The van der Waals surface area contributed by atoms with Crippen LogP contribution in [0, 0.1) is 13.8 Å². The number of aryl methyl sites for hydroxylation is 2. The van der Waals surface area contributed by atoms with Gasteiger partial charge in [0.05, 0.1) is 6.04 Å². The van der Waals surface area contributed by atoms with Crippen LogP contribution in [0.15, 0.2) is 18.2 Å². The van der Waals surface area contributed by atoms with Gasteiger partial charge in [-0.1, -0.05) is 36.5 Å². The molecule has 0 spiro atoms. The summed E-state index contributed by atoms with van der Waals surface area (Å²) in [7, 11) is 0. The molecule has 1 aromatic heterocycles. The van der Waals surface area contributed by atoms with Gasteiger partial charge in [0.15, 0.2) is 0 Å². The van der Waals surface area contributed by atoms with Crippen LogP contribution in [0.2, 0.25) is 0 Å². The lowest BCUT2D eigenvalue weighted by Crippen LogP contribution is -2.18. The normalized spacial score (nSPS) is 12.6. The third-order valence-electron chi connectivity index (χ3n) is 3.48. The molecule has 0 fully saturated rings. The Labute approximate surface area is 125 Å². The zero-order valence-corrected chi connectivity index (χ0v) is 13.5. The van der Waals surface area contributed by atoms with Crippen LogP contribution in [0.25, 0.3) is 0 Å². The van der Waals surface area contributed by atoms with Gasteiger partial charge in [0.1, 0.15) is 10.0 Å². The number of aromatic nitrogens is 2. The molecule has 20 heavy (non-hydrogen) atoms. The number of hydrogen-bond donors (Lipinski definition) is 1. The fourth-order valence-electron chi connectivity index (χ4n) is 2.05. The van der Waals surface area contributed by atoms with Crippen LogP contribution in [-0.2, 0) is 6.42 Å². The van der Waals surface area contributed by atoms with Gasteiger partial charge in [-0.2, -0.15) is 0 Å². The van der Waals surface area contributed by atoms with Crippen molar-refractivity contribution in [3.05, 3.63) is 44.9 Å². The summed E-state index contributed by atoms with van der Waals surface area (Å²) in [5.41, 5.74) is 3.99. The molecule has 4 heteroatoms. The number of nitrogens with one attached hydrogen (secondary N) is 1. The van der Waals surface area contributed by atoms with Crippen molar-refractivity contribution in [3.8, 4) is 0 Å². The average molecular weight is 289 g/mol. The molecule has 0 saturated carbocycles. The molecule has 0 aliphatic heterocycles. The van der Waals surface area contributed by atoms with E-state index in [0.717, 1.165) is 29.4 Å². The minimum atomic E-state index is 0.293. The summed E-state index contributed by atoms with van der Waals surface area (Å²) in [4.78, 5) is 0. The van der Waals surface area contributed by atoms with Gasteiger partial charge in [-0.3, -0.25) is 0 Å². The SMILES string of the molecule is CCCNC(C)c1nnc(Cc2ccc(C)c(C)c2)s1. The third-order valence-corrected chi connectivity index (χ3v) is 4.59. The minimum absolute atomic E-state index is 0.293. The largest absolute Gasteiger partial charge is 0.308 e. The van der Waals surface area contributed by atoms with E-state index in [-0.39, 0.29) is 0 Å². The van der Waals surface area contributed by atoms with Crippen molar-refractivity contribution in [2.45, 2.75) is 46.6 Å². The van der Waals surface area contributed by atoms with Crippen LogP contribution in [0.3, 0.4) is 0 Å². The molecule has 1 atom stereocenters. The molecule has 1 N–H and O–H groups in total. The van der Waals surface area contributed by atoms with E-state index in [2.05, 4.69) is 61.4 Å². The number of rotatable bonds is 6. The van der Waals surface area contributed by atoms with Crippen LogP contribution in [0.4, 0.5) is 0 Å². The molecular weight excluding hydrogens is 266 g/mol. The molecule has 0 bridgehead atoms. The van der Waals surface area contributed by atoms with E-state index < -0.39 is 0 Å². The second-order valence-electron chi connectivity index (χ2n) is 5.31. The quantitative estimate of drug-likeness (QED) is 0.879. The fraction of sp³-hybridized carbons (Fsp3) is 0.500. The lowest BCUT2D eigenvalue weighted by Gasteiger charge is -2.08. The first-order valence-corrected chi connectivity index (χ1v) is 8.03. The predicted molar refractivity (Wildman–Crippen MR) is 85.3 cm³/mol. The summed E-state index contributed by atoms with van der Waals surface area (Å²) < 4.78 is 0. The maximum Gasteiger partial charge on any atom is 0.134 e. The molecule has 0 aliphatic carbocycles. The first kappa shape index (κ1) is 15.1. The molecule has 2 aromatic rings. The molecule has 0 radical (unpaired) electrons. The highest BCUT2D eigenvalue weighted by atomic mass is 32.1. The van der Waals surface area contributed by atoms with Gasteiger partial charge < -0.3 is 5.32 Å². The van der Waals surface area contributed by atoms with E-state index in [9.17, 15) is 0 Å². The van der Waals surface area contributed by atoms with Crippen LogP contribution in [0.5, 0.6) is 0 Å². The molecule has 3 nitrogen and oxygen atoms in total. The summed E-state index contributed by atoms with van der Waals surface area (Å²) >= 11 is 1.71. The Morgan fingerprint density at radius 1 is 1.20 bits per heavy atom. The van der Waals surface area contributed by atoms with Crippen molar-refractivity contribution >= 4 is 11.3 Å². The Hall–Kier alpha value is -1.26. The summed E-state index contributed by atoms with van der Waals surface area (Å²) in [6.45, 7) is 9.64. The summed E-state index contributed by atoms with van der Waals surface area (Å²) in [6.07, 6.45) is 2.01. The predicted octanol–water partition coefficient (Wildman–Crippen LogP) is 3.81. The Morgan fingerprint density at radius 3 is 2.70 bits per heavy atom. The summed E-state index contributed by atoms with van der Waals surface area (Å²) in [5.74, 6) is 0. The number of hydrogen-bond acceptors (Lipinski definition) is 4. The molecule has 0 saturated heterocycles. The molecule has 0 aliphatic rings. The topological polar surface area (TPSA) is 37.8 Å². The van der Waals surface area contributed by atoms with Gasteiger partial charge in [-0.25, -0.2) is 0 Å². The van der Waals surface area contributed by atoms with Gasteiger partial charge in [0, 0.05) is 6.42 Å². The second kappa shape index (κ2) is 6.95. The zero-order valence-electron chi connectivity index (χ0n) is 12.7. The Kier molecular flexibility index (Phi) is 5.26.